The highest BCUT2D eigenvalue weighted by Crippen LogP contribution is 2.22. The summed E-state index contributed by atoms with van der Waals surface area (Å²) in [4.78, 5) is 13.1. The van der Waals surface area contributed by atoms with Gasteiger partial charge in [0, 0.05) is 5.54 Å². The highest BCUT2D eigenvalue weighted by atomic mass is 16.5. The fourth-order valence-corrected chi connectivity index (χ4v) is 1.53. The van der Waals surface area contributed by atoms with Crippen molar-refractivity contribution in [2.45, 2.75) is 25.4 Å². The number of rotatable bonds is 4. The molecule has 0 aromatic heterocycles. The van der Waals surface area contributed by atoms with Crippen LogP contribution in [0.15, 0.2) is 11.6 Å². The molecule has 1 fully saturated rings. The molecule has 0 saturated carbocycles. The van der Waals surface area contributed by atoms with Crippen LogP contribution in [0.3, 0.4) is 0 Å². The van der Waals surface area contributed by atoms with Crippen LogP contribution < -0.4 is 5.73 Å². The van der Waals surface area contributed by atoms with E-state index < -0.39 is 11.4 Å². The Kier molecular flexibility index (Phi) is 3.68. The van der Waals surface area contributed by atoms with Crippen molar-refractivity contribution in [1.82, 2.24) is 4.90 Å². The summed E-state index contributed by atoms with van der Waals surface area (Å²) in [6.45, 7) is 5.25. The second-order valence-electron chi connectivity index (χ2n) is 4.49. The van der Waals surface area contributed by atoms with Crippen LogP contribution in [0.1, 0.15) is 13.8 Å². The molecule has 16 heavy (non-hydrogen) atoms. The van der Waals surface area contributed by atoms with E-state index in [-0.39, 0.29) is 5.57 Å². The van der Waals surface area contributed by atoms with Crippen molar-refractivity contribution in [3.63, 3.8) is 0 Å². The van der Waals surface area contributed by atoms with Gasteiger partial charge in [-0.1, -0.05) is 0 Å². The third-order valence-corrected chi connectivity index (χ3v) is 2.96. The molecule has 5 heteroatoms. The molecule has 1 saturated heterocycles. The molecule has 0 unspecified atom stereocenters. The summed E-state index contributed by atoms with van der Waals surface area (Å²) in [5, 5.41) is 8.79. The largest absolute Gasteiger partial charge is 0.378 e. The molecular weight excluding hydrogens is 206 g/mol. The van der Waals surface area contributed by atoms with Gasteiger partial charge in [-0.05, 0) is 27.0 Å². The van der Waals surface area contributed by atoms with Crippen LogP contribution in [-0.4, -0.2) is 42.6 Å². The lowest BCUT2D eigenvalue weighted by Crippen LogP contribution is -2.55. The maximum absolute atomic E-state index is 11.0. The highest BCUT2D eigenvalue weighted by molar-refractivity contribution is 5.96. The smallest absolute Gasteiger partial charge is 0.259 e. The summed E-state index contributed by atoms with van der Waals surface area (Å²) in [7, 11) is 1.94. The van der Waals surface area contributed by atoms with Crippen molar-refractivity contribution < 1.29 is 9.53 Å². The number of hydrogen-bond donors (Lipinski definition) is 1. The number of hydrogen-bond acceptors (Lipinski definition) is 4. The molecule has 0 aliphatic carbocycles. The average molecular weight is 223 g/mol. The lowest BCUT2D eigenvalue weighted by Gasteiger charge is -2.43. The molecule has 1 amide bonds. The number of carbonyl (C=O) groups is 1. The zero-order chi connectivity index (χ0) is 12.3. The predicted molar refractivity (Wildman–Crippen MR) is 59.3 cm³/mol. The first-order valence-electron chi connectivity index (χ1n) is 5.12. The molecule has 2 N–H and O–H groups in total. The van der Waals surface area contributed by atoms with Crippen molar-refractivity contribution in [2.75, 3.05) is 20.3 Å². The van der Waals surface area contributed by atoms with Crippen LogP contribution in [0, 0.1) is 11.3 Å². The minimum absolute atomic E-state index is 0.00269. The molecule has 0 aromatic carbocycles. The maximum atomic E-state index is 11.0. The van der Waals surface area contributed by atoms with Gasteiger partial charge in [-0.25, -0.2) is 0 Å². The number of nitrogens with zero attached hydrogens (tertiary/aromatic N) is 2. The average Bonchev–Trinajstić information content (AvgIpc) is 2.10. The lowest BCUT2D eigenvalue weighted by molar-refractivity contribution is -0.114. The summed E-state index contributed by atoms with van der Waals surface area (Å²) in [5.41, 5.74) is 4.71. The second kappa shape index (κ2) is 4.64. The molecular formula is C11H17N3O2. The lowest BCUT2D eigenvalue weighted by atomic mass is 9.97. The van der Waals surface area contributed by atoms with Crippen LogP contribution in [0.4, 0.5) is 0 Å². The third-order valence-electron chi connectivity index (χ3n) is 2.96. The number of nitriles is 1. The molecule has 88 valence electrons. The van der Waals surface area contributed by atoms with Gasteiger partial charge in [0.15, 0.2) is 0 Å². The van der Waals surface area contributed by atoms with Crippen LogP contribution >= 0.6 is 0 Å². The van der Waals surface area contributed by atoms with Crippen molar-refractivity contribution >= 4 is 5.91 Å². The van der Waals surface area contributed by atoms with Gasteiger partial charge in [-0.2, -0.15) is 5.26 Å². The zero-order valence-electron chi connectivity index (χ0n) is 9.86. The molecule has 0 aromatic rings. The Hall–Kier alpha value is -1.38. The van der Waals surface area contributed by atoms with Gasteiger partial charge >= 0.3 is 0 Å². The minimum Gasteiger partial charge on any atom is -0.378 e. The van der Waals surface area contributed by atoms with Gasteiger partial charge in [0.1, 0.15) is 11.6 Å². The minimum atomic E-state index is -0.686. The van der Waals surface area contributed by atoms with Crippen molar-refractivity contribution in [2.24, 2.45) is 5.73 Å². The second-order valence-corrected chi connectivity index (χ2v) is 4.49. The molecule has 0 spiro atoms. The van der Waals surface area contributed by atoms with Crippen molar-refractivity contribution in [3.8, 4) is 6.07 Å². The van der Waals surface area contributed by atoms with Crippen molar-refractivity contribution in [1.29, 1.82) is 5.26 Å². The fourth-order valence-electron chi connectivity index (χ4n) is 1.53. The van der Waals surface area contributed by atoms with E-state index in [1.165, 1.54) is 0 Å². The maximum Gasteiger partial charge on any atom is 0.259 e. The number of carbonyl (C=O) groups excluding carboxylic acids is 1. The Morgan fingerprint density at radius 1 is 1.62 bits per heavy atom. The molecule has 1 aliphatic rings. The van der Waals surface area contributed by atoms with Crippen LogP contribution in [0.2, 0.25) is 0 Å². The Morgan fingerprint density at radius 2 is 2.19 bits per heavy atom. The van der Waals surface area contributed by atoms with E-state index >= 15 is 0 Å². The number of ether oxygens (including phenoxy) is 1. The van der Waals surface area contributed by atoms with Crippen LogP contribution in [-0.2, 0) is 9.53 Å². The number of amides is 1. The molecule has 0 radical (unpaired) electrons. The molecule has 0 bridgehead atoms. The van der Waals surface area contributed by atoms with Gasteiger partial charge in [0.05, 0.1) is 19.3 Å². The number of primary amides is 1. The first kappa shape index (κ1) is 12.7. The molecule has 0 atom stereocenters. The van der Waals surface area contributed by atoms with Gasteiger partial charge in [-0.3, -0.25) is 9.69 Å². The first-order valence-corrected chi connectivity index (χ1v) is 5.12. The Balaban J connectivity index is 2.83. The van der Waals surface area contributed by atoms with E-state index in [0.717, 1.165) is 0 Å². The monoisotopic (exact) mass is 223 g/mol. The topological polar surface area (TPSA) is 79.3 Å². The summed E-state index contributed by atoms with van der Waals surface area (Å²) in [6, 6.07) is 2.15. The van der Waals surface area contributed by atoms with Gasteiger partial charge < -0.3 is 10.5 Å². The Labute approximate surface area is 95.5 Å². The normalized spacial score (nSPS) is 18.1. The van der Waals surface area contributed by atoms with Crippen LogP contribution in [0.25, 0.3) is 0 Å². The summed E-state index contributed by atoms with van der Waals surface area (Å²) in [6.07, 6.45) is 1.60. The molecule has 1 rings (SSSR count). The van der Waals surface area contributed by atoms with Gasteiger partial charge in [-0.15, -0.1) is 0 Å². The molecule has 1 aliphatic heterocycles. The SMILES string of the molecule is CN(C1COC1)C(C)(C)C=C(C#N)C(N)=O. The van der Waals surface area contributed by atoms with E-state index in [0.29, 0.717) is 19.3 Å². The summed E-state index contributed by atoms with van der Waals surface area (Å²) < 4.78 is 5.11. The summed E-state index contributed by atoms with van der Waals surface area (Å²) in [5.74, 6) is -0.686. The van der Waals surface area contributed by atoms with Crippen LogP contribution in [0.5, 0.6) is 0 Å². The van der Waals surface area contributed by atoms with Gasteiger partial charge in [0.2, 0.25) is 0 Å². The summed E-state index contributed by atoms with van der Waals surface area (Å²) >= 11 is 0. The predicted octanol–water partition coefficient (Wildman–Crippen LogP) is 0.0309. The van der Waals surface area contributed by atoms with E-state index in [1.54, 1.807) is 6.08 Å². The van der Waals surface area contributed by atoms with Gasteiger partial charge in [0.25, 0.3) is 5.91 Å². The standard InChI is InChI=1S/C11H17N3O2/c1-11(2,4-8(5-12)10(13)15)14(3)9-6-16-7-9/h4,9H,6-7H2,1-3H3,(H2,13,15). The first-order chi connectivity index (χ1) is 7.38. The van der Waals surface area contributed by atoms with E-state index in [4.69, 9.17) is 15.7 Å². The zero-order valence-corrected chi connectivity index (χ0v) is 9.86. The number of nitrogens with two attached hydrogens (primary N) is 1. The number of likely N-dealkylation sites (N-methyl/N-ethyl adjacent to an activating group) is 1. The Bertz CT molecular complexity index is 351. The van der Waals surface area contributed by atoms with Crippen molar-refractivity contribution in [3.05, 3.63) is 11.6 Å². The molecule has 1 heterocycles. The quantitative estimate of drug-likeness (QED) is 0.538. The third kappa shape index (κ3) is 2.60. The van der Waals surface area contributed by atoms with E-state index in [2.05, 4.69) is 4.90 Å². The Morgan fingerprint density at radius 3 is 2.50 bits per heavy atom. The highest BCUT2D eigenvalue weighted by Gasteiger charge is 2.32. The fraction of sp³-hybridized carbons (Fsp3) is 0.636. The van der Waals surface area contributed by atoms with E-state index in [1.807, 2.05) is 27.0 Å². The van der Waals surface area contributed by atoms with E-state index in [9.17, 15) is 4.79 Å². The molecule has 5 nitrogen and oxygen atoms in total.